The van der Waals surface area contributed by atoms with Crippen molar-refractivity contribution >= 4 is 0 Å². The maximum absolute atomic E-state index is 6.36. The van der Waals surface area contributed by atoms with Crippen molar-refractivity contribution in [3.63, 3.8) is 0 Å². The zero-order valence-electron chi connectivity index (χ0n) is 30.4. The van der Waals surface area contributed by atoms with E-state index in [4.69, 9.17) is 4.74 Å². The molecule has 47 heavy (non-hydrogen) atoms. The highest BCUT2D eigenvalue weighted by atomic mass is 16.5. The summed E-state index contributed by atoms with van der Waals surface area (Å²) in [7, 11) is 0. The maximum atomic E-state index is 6.36. The monoisotopic (exact) mass is 636 g/mol. The normalized spacial score (nSPS) is 11.5. The Labute approximate surface area is 286 Å². The van der Waals surface area contributed by atoms with Crippen LogP contribution in [0.25, 0.3) is 11.1 Å². The van der Waals surface area contributed by atoms with Gasteiger partial charge in [0.2, 0.25) is 0 Å². The molecule has 0 N–H and O–H groups in total. The van der Waals surface area contributed by atoms with Crippen molar-refractivity contribution in [3.8, 4) is 16.9 Å². The Morgan fingerprint density at radius 1 is 0.511 bits per heavy atom. The van der Waals surface area contributed by atoms with Crippen molar-refractivity contribution in [2.45, 2.75) is 137 Å². The molecular formula is C43H62N3O+3. The van der Waals surface area contributed by atoms with Gasteiger partial charge in [0.05, 0.1) is 13.0 Å². The Hall–Kier alpha value is -3.53. The summed E-state index contributed by atoms with van der Waals surface area (Å²) >= 11 is 0. The van der Waals surface area contributed by atoms with E-state index in [1.165, 1.54) is 84.7 Å². The SMILES string of the molecule is Cc1cc(C)c[n+](CCC[n+]2ccc(-c3cc[n+](CCCCCCCCCCCOc4c(C(C)C)cccc4C(C)C)cc3)cc2)c1. The number of aromatic nitrogens is 3. The molecule has 0 fully saturated rings. The van der Waals surface area contributed by atoms with E-state index >= 15 is 0 Å². The van der Waals surface area contributed by atoms with E-state index < -0.39 is 0 Å². The number of para-hydroxylation sites is 1. The molecule has 0 saturated carbocycles. The summed E-state index contributed by atoms with van der Waals surface area (Å²) in [5.74, 6) is 2.13. The molecule has 0 radical (unpaired) electrons. The van der Waals surface area contributed by atoms with Gasteiger partial charge in [-0.3, -0.25) is 0 Å². The highest BCUT2D eigenvalue weighted by Gasteiger charge is 2.15. The van der Waals surface area contributed by atoms with E-state index in [-0.39, 0.29) is 0 Å². The molecule has 4 nitrogen and oxygen atoms in total. The molecule has 4 aromatic rings. The van der Waals surface area contributed by atoms with Crippen molar-refractivity contribution in [1.29, 1.82) is 0 Å². The van der Waals surface area contributed by atoms with Crippen LogP contribution in [0.1, 0.15) is 126 Å². The summed E-state index contributed by atoms with van der Waals surface area (Å²) in [6, 6.07) is 17.9. The van der Waals surface area contributed by atoms with Crippen LogP contribution in [-0.4, -0.2) is 6.61 Å². The number of unbranched alkanes of at least 4 members (excludes halogenated alkanes) is 8. The third kappa shape index (κ3) is 12.2. The minimum absolute atomic E-state index is 0.491. The average Bonchev–Trinajstić information content (AvgIpc) is 3.05. The molecule has 3 heterocycles. The molecule has 0 amide bonds. The molecule has 0 atom stereocenters. The molecule has 0 aliphatic heterocycles. The highest BCUT2D eigenvalue weighted by Crippen LogP contribution is 2.34. The lowest BCUT2D eigenvalue weighted by Crippen LogP contribution is -2.38. The van der Waals surface area contributed by atoms with Crippen LogP contribution in [0.5, 0.6) is 5.75 Å². The maximum Gasteiger partial charge on any atom is 0.171 e. The Morgan fingerprint density at radius 3 is 1.43 bits per heavy atom. The lowest BCUT2D eigenvalue weighted by molar-refractivity contribution is -0.727. The summed E-state index contributed by atoms with van der Waals surface area (Å²) in [6.07, 6.45) is 26.2. The number of hydrogen-bond donors (Lipinski definition) is 0. The fourth-order valence-electron chi connectivity index (χ4n) is 6.61. The van der Waals surface area contributed by atoms with Crippen LogP contribution >= 0.6 is 0 Å². The van der Waals surface area contributed by atoms with Crippen LogP contribution in [-0.2, 0) is 19.6 Å². The van der Waals surface area contributed by atoms with Gasteiger partial charge in [-0.25, -0.2) is 13.7 Å². The molecule has 0 bridgehead atoms. The van der Waals surface area contributed by atoms with Gasteiger partial charge in [0.15, 0.2) is 50.3 Å². The van der Waals surface area contributed by atoms with Crippen LogP contribution in [0.15, 0.2) is 85.7 Å². The van der Waals surface area contributed by atoms with Crippen molar-refractivity contribution in [2.75, 3.05) is 6.61 Å². The van der Waals surface area contributed by atoms with Crippen LogP contribution in [0.2, 0.25) is 0 Å². The Kier molecular flexibility index (Phi) is 14.9. The predicted octanol–water partition coefficient (Wildman–Crippen LogP) is 9.76. The van der Waals surface area contributed by atoms with Gasteiger partial charge in [0.25, 0.3) is 0 Å². The molecule has 3 aromatic heterocycles. The van der Waals surface area contributed by atoms with E-state index in [0.717, 1.165) is 44.8 Å². The minimum atomic E-state index is 0.491. The van der Waals surface area contributed by atoms with Gasteiger partial charge in [-0.2, -0.15) is 0 Å². The first kappa shape index (κ1) is 36.3. The van der Waals surface area contributed by atoms with Gasteiger partial charge in [0.1, 0.15) is 12.3 Å². The van der Waals surface area contributed by atoms with Gasteiger partial charge >= 0.3 is 0 Å². The van der Waals surface area contributed by atoms with Crippen LogP contribution in [0.3, 0.4) is 0 Å². The molecule has 0 unspecified atom stereocenters. The fraction of sp³-hybridized carbons (Fsp3) is 0.512. The third-order valence-corrected chi connectivity index (χ3v) is 9.27. The second-order valence-electron chi connectivity index (χ2n) is 14.2. The molecule has 4 rings (SSSR count). The average molecular weight is 637 g/mol. The van der Waals surface area contributed by atoms with E-state index in [9.17, 15) is 0 Å². The first-order valence-corrected chi connectivity index (χ1v) is 18.5. The lowest BCUT2D eigenvalue weighted by atomic mass is 9.94. The molecule has 0 aliphatic carbocycles. The van der Waals surface area contributed by atoms with Gasteiger partial charge in [-0.1, -0.05) is 84.4 Å². The minimum Gasteiger partial charge on any atom is -0.493 e. The van der Waals surface area contributed by atoms with Crippen LogP contribution in [0, 0.1) is 13.8 Å². The first-order valence-electron chi connectivity index (χ1n) is 18.5. The predicted molar refractivity (Wildman–Crippen MR) is 195 cm³/mol. The fourth-order valence-corrected chi connectivity index (χ4v) is 6.61. The second-order valence-corrected chi connectivity index (χ2v) is 14.2. The number of hydrogen-bond acceptors (Lipinski definition) is 1. The number of rotatable bonds is 20. The number of pyridine rings is 3. The number of ether oxygens (including phenoxy) is 1. The number of benzene rings is 1. The highest BCUT2D eigenvalue weighted by molar-refractivity contribution is 5.60. The van der Waals surface area contributed by atoms with Crippen molar-refractivity contribution in [3.05, 3.63) is 108 Å². The smallest absolute Gasteiger partial charge is 0.171 e. The molecular weight excluding hydrogens is 574 g/mol. The van der Waals surface area contributed by atoms with Gasteiger partial charge in [0, 0.05) is 41.8 Å². The Balaban J connectivity index is 1.04. The molecule has 1 aromatic carbocycles. The third-order valence-electron chi connectivity index (χ3n) is 9.27. The van der Waals surface area contributed by atoms with E-state index in [2.05, 4.69) is 141 Å². The van der Waals surface area contributed by atoms with Gasteiger partial charge in [-0.15, -0.1) is 0 Å². The zero-order valence-corrected chi connectivity index (χ0v) is 30.4. The summed E-state index contributed by atoms with van der Waals surface area (Å²) < 4.78 is 13.3. The molecule has 4 heteroatoms. The quantitative estimate of drug-likeness (QED) is 0.0699. The Morgan fingerprint density at radius 2 is 0.936 bits per heavy atom. The largest absolute Gasteiger partial charge is 0.493 e. The molecule has 252 valence electrons. The summed E-state index contributed by atoms with van der Waals surface area (Å²) in [6.45, 7) is 17.4. The van der Waals surface area contributed by atoms with Gasteiger partial charge in [-0.05, 0) is 66.8 Å². The van der Waals surface area contributed by atoms with E-state index in [0.29, 0.717) is 11.8 Å². The number of nitrogens with zero attached hydrogens (tertiary/aromatic N) is 3. The molecule has 0 spiro atoms. The van der Waals surface area contributed by atoms with Crippen molar-refractivity contribution < 1.29 is 18.4 Å². The molecule has 0 aliphatic rings. The van der Waals surface area contributed by atoms with E-state index in [1.54, 1.807) is 0 Å². The van der Waals surface area contributed by atoms with Crippen molar-refractivity contribution in [1.82, 2.24) is 0 Å². The van der Waals surface area contributed by atoms with E-state index in [1.807, 2.05) is 0 Å². The summed E-state index contributed by atoms with van der Waals surface area (Å²) in [4.78, 5) is 0. The van der Waals surface area contributed by atoms with Crippen molar-refractivity contribution in [2.24, 2.45) is 0 Å². The summed E-state index contributed by atoms with van der Waals surface area (Å²) in [5, 5.41) is 0. The number of aryl methyl sites for hydroxylation is 5. The Bertz CT molecular complexity index is 1430. The lowest BCUT2D eigenvalue weighted by Gasteiger charge is -2.20. The standard InChI is InChI=1S/C43H62N3O/c1-35(2)41-18-16-19-42(36(3)4)43(41)47-31-15-13-11-9-7-8-10-12-14-24-44-27-20-39(21-28-44)40-22-29-45(30-23-40)25-17-26-46-33-37(5)32-38(6)34-46/h16,18-23,27-30,32-36H,7-15,17,24-26,31H2,1-6H3/q+3. The first-order chi connectivity index (χ1) is 22.8. The van der Waals surface area contributed by atoms with Crippen LogP contribution in [0.4, 0.5) is 0 Å². The summed E-state index contributed by atoms with van der Waals surface area (Å²) in [5.41, 5.74) is 7.91. The zero-order chi connectivity index (χ0) is 33.4. The topological polar surface area (TPSA) is 20.9 Å². The second kappa shape index (κ2) is 19.3. The molecule has 0 saturated heterocycles. The van der Waals surface area contributed by atoms with Gasteiger partial charge < -0.3 is 4.74 Å². The van der Waals surface area contributed by atoms with Crippen LogP contribution < -0.4 is 18.4 Å².